The third-order valence-electron chi connectivity index (χ3n) is 3.37. The Bertz CT molecular complexity index is 344. The van der Waals surface area contributed by atoms with Crippen LogP contribution >= 0.6 is 0 Å². The van der Waals surface area contributed by atoms with Crippen LogP contribution in [0.25, 0.3) is 0 Å². The molecule has 0 aromatic heterocycles. The number of rotatable bonds is 12. The van der Waals surface area contributed by atoms with E-state index in [4.69, 9.17) is 15.2 Å². The summed E-state index contributed by atoms with van der Waals surface area (Å²) in [6, 6.07) is 8.73. The van der Waals surface area contributed by atoms with E-state index in [-0.39, 0.29) is 0 Å². The highest BCUT2D eigenvalue weighted by Crippen LogP contribution is 2.08. The van der Waals surface area contributed by atoms with Crippen LogP contribution in [0.5, 0.6) is 0 Å². The molecule has 0 spiro atoms. The predicted molar refractivity (Wildman–Crippen MR) is 87.5 cm³/mol. The minimum Gasteiger partial charge on any atom is -0.380 e. The molecule has 0 saturated heterocycles. The van der Waals surface area contributed by atoms with Gasteiger partial charge in [-0.15, -0.1) is 0 Å². The Morgan fingerprint density at radius 3 is 1.90 bits per heavy atom. The third kappa shape index (κ3) is 8.17. The van der Waals surface area contributed by atoms with Crippen LogP contribution in [0.2, 0.25) is 0 Å². The third-order valence-corrected chi connectivity index (χ3v) is 3.37. The Hall–Kier alpha value is -0.940. The minimum atomic E-state index is 0.703. The molecule has 0 heterocycles. The summed E-state index contributed by atoms with van der Waals surface area (Å²) in [5.74, 6) is 0. The summed E-state index contributed by atoms with van der Waals surface area (Å²) in [5.41, 5.74) is 8.20. The van der Waals surface area contributed by atoms with Gasteiger partial charge in [0, 0.05) is 32.8 Å². The van der Waals surface area contributed by atoms with Crippen molar-refractivity contribution in [3.05, 3.63) is 35.4 Å². The number of benzene rings is 1. The molecule has 1 aromatic carbocycles. The highest BCUT2D eigenvalue weighted by atomic mass is 16.5. The topological polar surface area (TPSA) is 47.7 Å². The van der Waals surface area contributed by atoms with Crippen LogP contribution in [0.4, 0.5) is 0 Å². The summed E-state index contributed by atoms with van der Waals surface area (Å²) < 4.78 is 10.9. The van der Waals surface area contributed by atoms with E-state index < -0.39 is 0 Å². The first-order valence-electron chi connectivity index (χ1n) is 7.95. The maximum Gasteiger partial charge on any atom is 0.0593 e. The zero-order valence-corrected chi connectivity index (χ0v) is 13.5. The lowest BCUT2D eigenvalue weighted by Crippen LogP contribution is -2.30. The van der Waals surface area contributed by atoms with E-state index >= 15 is 0 Å². The van der Waals surface area contributed by atoms with Crippen molar-refractivity contribution in [3.63, 3.8) is 0 Å². The Morgan fingerprint density at radius 2 is 1.43 bits per heavy atom. The smallest absolute Gasteiger partial charge is 0.0593 e. The SMILES string of the molecule is CCOCCN(CCOCC)Cc1ccc(CCN)cc1. The molecule has 0 atom stereocenters. The van der Waals surface area contributed by atoms with Gasteiger partial charge in [0.1, 0.15) is 0 Å². The summed E-state index contributed by atoms with van der Waals surface area (Å²) >= 11 is 0. The Balaban J connectivity index is 2.48. The molecule has 0 aliphatic heterocycles. The van der Waals surface area contributed by atoms with Gasteiger partial charge in [-0.3, -0.25) is 4.90 Å². The average molecular weight is 294 g/mol. The fraction of sp³-hybridized carbons (Fsp3) is 0.647. The normalized spacial score (nSPS) is 11.2. The fourth-order valence-corrected chi connectivity index (χ4v) is 2.18. The zero-order valence-electron chi connectivity index (χ0n) is 13.5. The molecule has 0 aliphatic carbocycles. The molecule has 0 fully saturated rings. The highest BCUT2D eigenvalue weighted by molar-refractivity contribution is 5.22. The Morgan fingerprint density at radius 1 is 0.905 bits per heavy atom. The van der Waals surface area contributed by atoms with E-state index in [1.165, 1.54) is 11.1 Å². The van der Waals surface area contributed by atoms with Crippen LogP contribution < -0.4 is 5.73 Å². The fourth-order valence-electron chi connectivity index (χ4n) is 2.18. The highest BCUT2D eigenvalue weighted by Gasteiger charge is 2.06. The second-order valence-electron chi connectivity index (χ2n) is 5.03. The van der Waals surface area contributed by atoms with Crippen molar-refractivity contribution in [1.82, 2.24) is 4.90 Å². The van der Waals surface area contributed by atoms with Gasteiger partial charge in [-0.25, -0.2) is 0 Å². The minimum absolute atomic E-state index is 0.703. The van der Waals surface area contributed by atoms with Crippen molar-refractivity contribution >= 4 is 0 Å². The second kappa shape index (κ2) is 11.7. The van der Waals surface area contributed by atoms with E-state index in [2.05, 4.69) is 29.2 Å². The molecule has 4 heteroatoms. The first kappa shape index (κ1) is 18.1. The van der Waals surface area contributed by atoms with Gasteiger partial charge in [-0.1, -0.05) is 24.3 Å². The van der Waals surface area contributed by atoms with Crippen molar-refractivity contribution in [2.75, 3.05) is 46.1 Å². The van der Waals surface area contributed by atoms with E-state index in [1.54, 1.807) is 0 Å². The van der Waals surface area contributed by atoms with E-state index in [9.17, 15) is 0 Å². The quantitative estimate of drug-likeness (QED) is 0.600. The molecule has 0 aliphatic rings. The van der Waals surface area contributed by atoms with Gasteiger partial charge in [0.15, 0.2) is 0 Å². The van der Waals surface area contributed by atoms with Crippen molar-refractivity contribution in [3.8, 4) is 0 Å². The molecule has 4 nitrogen and oxygen atoms in total. The molecule has 1 rings (SSSR count). The molecule has 21 heavy (non-hydrogen) atoms. The van der Waals surface area contributed by atoms with Gasteiger partial charge in [0.2, 0.25) is 0 Å². The lowest BCUT2D eigenvalue weighted by molar-refractivity contribution is 0.0798. The average Bonchev–Trinajstić information content (AvgIpc) is 2.50. The number of ether oxygens (including phenoxy) is 2. The van der Waals surface area contributed by atoms with Crippen LogP contribution in [0.15, 0.2) is 24.3 Å². The van der Waals surface area contributed by atoms with E-state index in [1.807, 2.05) is 13.8 Å². The van der Waals surface area contributed by atoms with Crippen molar-refractivity contribution in [1.29, 1.82) is 0 Å². The lowest BCUT2D eigenvalue weighted by Gasteiger charge is -2.22. The van der Waals surface area contributed by atoms with Crippen LogP contribution in [-0.2, 0) is 22.4 Å². The van der Waals surface area contributed by atoms with Crippen molar-refractivity contribution in [2.24, 2.45) is 5.73 Å². The molecule has 0 bridgehead atoms. The predicted octanol–water partition coefficient (Wildman–Crippen LogP) is 2.06. The molecule has 0 radical (unpaired) electrons. The summed E-state index contributed by atoms with van der Waals surface area (Å²) in [6.07, 6.45) is 0.943. The van der Waals surface area contributed by atoms with E-state index in [0.717, 1.165) is 52.5 Å². The molecule has 120 valence electrons. The van der Waals surface area contributed by atoms with Crippen molar-refractivity contribution < 1.29 is 9.47 Å². The first-order chi connectivity index (χ1) is 10.3. The largest absolute Gasteiger partial charge is 0.380 e. The summed E-state index contributed by atoms with van der Waals surface area (Å²) in [4.78, 5) is 2.38. The number of hydrogen-bond donors (Lipinski definition) is 1. The van der Waals surface area contributed by atoms with Gasteiger partial charge < -0.3 is 15.2 Å². The van der Waals surface area contributed by atoms with Crippen LogP contribution in [0.3, 0.4) is 0 Å². The summed E-state index contributed by atoms with van der Waals surface area (Å²) in [5, 5.41) is 0. The standard InChI is InChI=1S/C17H30N2O2/c1-3-20-13-11-19(12-14-21-4-2)15-17-7-5-16(6-8-17)9-10-18/h5-8H,3-4,9-15,18H2,1-2H3. The first-order valence-corrected chi connectivity index (χ1v) is 7.95. The lowest BCUT2D eigenvalue weighted by atomic mass is 10.1. The Kier molecular flexibility index (Phi) is 10.1. The van der Waals surface area contributed by atoms with E-state index in [0.29, 0.717) is 6.54 Å². The number of nitrogens with two attached hydrogens (primary N) is 1. The second-order valence-corrected chi connectivity index (χ2v) is 5.03. The molecular formula is C17H30N2O2. The molecule has 0 amide bonds. The molecular weight excluding hydrogens is 264 g/mol. The zero-order chi connectivity index (χ0) is 15.3. The summed E-state index contributed by atoms with van der Waals surface area (Å²) in [6.45, 7) is 10.7. The van der Waals surface area contributed by atoms with Crippen molar-refractivity contribution in [2.45, 2.75) is 26.8 Å². The van der Waals surface area contributed by atoms with Gasteiger partial charge in [0.25, 0.3) is 0 Å². The van der Waals surface area contributed by atoms with Gasteiger partial charge in [0.05, 0.1) is 13.2 Å². The maximum atomic E-state index is 5.58. The van der Waals surface area contributed by atoms with Crippen LogP contribution in [0, 0.1) is 0 Å². The van der Waals surface area contributed by atoms with Crippen LogP contribution in [-0.4, -0.2) is 51.0 Å². The molecule has 1 aromatic rings. The molecule has 0 saturated carbocycles. The number of nitrogens with zero attached hydrogens (tertiary/aromatic N) is 1. The summed E-state index contributed by atoms with van der Waals surface area (Å²) in [7, 11) is 0. The monoisotopic (exact) mass is 294 g/mol. The number of hydrogen-bond acceptors (Lipinski definition) is 4. The Labute approximate surface area is 129 Å². The van der Waals surface area contributed by atoms with Gasteiger partial charge in [-0.05, 0) is 37.9 Å². The van der Waals surface area contributed by atoms with Gasteiger partial charge in [-0.2, -0.15) is 0 Å². The molecule has 2 N–H and O–H groups in total. The maximum absolute atomic E-state index is 5.58. The van der Waals surface area contributed by atoms with Gasteiger partial charge >= 0.3 is 0 Å². The molecule has 0 unspecified atom stereocenters. The van der Waals surface area contributed by atoms with Crippen LogP contribution in [0.1, 0.15) is 25.0 Å².